The molecule has 3 aliphatic rings. The largest absolute Gasteiger partial charge is 0.454 e. The van der Waals surface area contributed by atoms with E-state index in [0.29, 0.717) is 13.3 Å². The zero-order valence-corrected chi connectivity index (χ0v) is 16.8. The molecule has 0 aliphatic carbocycles. The fourth-order valence-corrected chi connectivity index (χ4v) is 4.62. The molecule has 1 atom stereocenters. The van der Waals surface area contributed by atoms with Gasteiger partial charge in [0.25, 0.3) is 0 Å². The van der Waals surface area contributed by atoms with E-state index in [1.165, 1.54) is 11.1 Å². The Morgan fingerprint density at radius 1 is 1.00 bits per heavy atom. The topological polar surface area (TPSA) is 45.3 Å². The van der Waals surface area contributed by atoms with Crippen molar-refractivity contribution in [1.29, 1.82) is 0 Å². The molecule has 0 N–H and O–H groups in total. The maximum atomic E-state index is 13.0. The number of hydrogen-bond acceptors (Lipinski definition) is 5. The lowest BCUT2D eigenvalue weighted by atomic mass is 10.1. The second-order valence-electron chi connectivity index (χ2n) is 8.19. The summed E-state index contributed by atoms with van der Waals surface area (Å²) in [5, 5.41) is 0. The van der Waals surface area contributed by atoms with Crippen LogP contribution < -0.4 is 14.4 Å². The third-order valence-electron chi connectivity index (χ3n) is 6.14. The van der Waals surface area contributed by atoms with Crippen molar-refractivity contribution in [2.45, 2.75) is 25.9 Å². The number of anilines is 1. The summed E-state index contributed by atoms with van der Waals surface area (Å²) in [5.74, 6) is 1.88. The second-order valence-corrected chi connectivity index (χ2v) is 8.19. The third kappa shape index (κ3) is 3.70. The molecular formula is C23H27N3O3. The highest BCUT2D eigenvalue weighted by molar-refractivity contribution is 5.97. The van der Waals surface area contributed by atoms with Gasteiger partial charge in [-0.05, 0) is 42.7 Å². The van der Waals surface area contributed by atoms with Gasteiger partial charge in [0.05, 0.1) is 6.54 Å². The first kappa shape index (κ1) is 18.5. The van der Waals surface area contributed by atoms with Gasteiger partial charge >= 0.3 is 0 Å². The molecule has 1 unspecified atom stereocenters. The minimum atomic E-state index is 0.215. The van der Waals surface area contributed by atoms with Crippen LogP contribution in [-0.2, 0) is 17.8 Å². The van der Waals surface area contributed by atoms with Crippen LogP contribution in [0.4, 0.5) is 5.69 Å². The van der Waals surface area contributed by atoms with Crippen LogP contribution in [0.1, 0.15) is 18.1 Å². The summed E-state index contributed by atoms with van der Waals surface area (Å²) in [7, 11) is 0. The number of rotatable bonds is 4. The van der Waals surface area contributed by atoms with Crippen LogP contribution in [0.5, 0.6) is 11.5 Å². The normalized spacial score (nSPS) is 21.4. The van der Waals surface area contributed by atoms with Crippen LogP contribution in [0.2, 0.25) is 0 Å². The lowest BCUT2D eigenvalue weighted by molar-refractivity contribution is -0.120. The Labute approximate surface area is 171 Å². The molecule has 29 heavy (non-hydrogen) atoms. The van der Waals surface area contributed by atoms with E-state index in [4.69, 9.17) is 9.47 Å². The Morgan fingerprint density at radius 2 is 1.76 bits per heavy atom. The molecule has 2 aromatic rings. The van der Waals surface area contributed by atoms with Crippen LogP contribution in [0.3, 0.4) is 0 Å². The fourth-order valence-electron chi connectivity index (χ4n) is 4.62. The Morgan fingerprint density at radius 3 is 2.62 bits per heavy atom. The van der Waals surface area contributed by atoms with E-state index in [2.05, 4.69) is 47.1 Å². The van der Waals surface area contributed by atoms with Crippen LogP contribution >= 0.6 is 0 Å². The SMILES string of the molecule is CC1Cc2ccccc2N1C(=O)CN1CCN(Cc2ccc3c(c2)OCO3)CC1. The van der Waals surface area contributed by atoms with E-state index in [1.54, 1.807) is 0 Å². The van der Waals surface area contributed by atoms with Crippen molar-refractivity contribution in [2.24, 2.45) is 0 Å². The van der Waals surface area contributed by atoms with Crippen molar-refractivity contribution in [3.8, 4) is 11.5 Å². The van der Waals surface area contributed by atoms with Crippen molar-refractivity contribution in [3.63, 3.8) is 0 Å². The monoisotopic (exact) mass is 393 g/mol. The van der Waals surface area contributed by atoms with Gasteiger partial charge in [-0.1, -0.05) is 24.3 Å². The summed E-state index contributed by atoms with van der Waals surface area (Å²) in [6, 6.07) is 14.7. The number of para-hydroxylation sites is 1. The van der Waals surface area contributed by atoms with E-state index < -0.39 is 0 Å². The van der Waals surface area contributed by atoms with Crippen molar-refractivity contribution < 1.29 is 14.3 Å². The number of hydrogen-bond donors (Lipinski definition) is 0. The average Bonchev–Trinajstić information content (AvgIpc) is 3.32. The Balaban J connectivity index is 1.15. The first-order valence-electron chi connectivity index (χ1n) is 10.4. The lowest BCUT2D eigenvalue weighted by Crippen LogP contribution is -2.50. The maximum absolute atomic E-state index is 13.0. The number of benzene rings is 2. The number of amides is 1. The first-order valence-corrected chi connectivity index (χ1v) is 10.4. The number of carbonyl (C=O) groups is 1. The smallest absolute Gasteiger partial charge is 0.241 e. The molecule has 0 bridgehead atoms. The van der Waals surface area contributed by atoms with Crippen molar-refractivity contribution in [3.05, 3.63) is 53.6 Å². The van der Waals surface area contributed by atoms with Gasteiger partial charge in [0.1, 0.15) is 0 Å². The summed E-state index contributed by atoms with van der Waals surface area (Å²) in [6.07, 6.45) is 0.950. The van der Waals surface area contributed by atoms with Gasteiger partial charge in [0, 0.05) is 44.5 Å². The summed E-state index contributed by atoms with van der Waals surface area (Å²) in [5.41, 5.74) is 3.61. The van der Waals surface area contributed by atoms with Crippen molar-refractivity contribution >= 4 is 11.6 Å². The molecule has 0 spiro atoms. The molecule has 3 heterocycles. The standard InChI is InChI=1S/C23H27N3O3/c1-17-12-19-4-2-3-5-20(19)26(17)23(27)15-25-10-8-24(9-11-25)14-18-6-7-21-22(13-18)29-16-28-21/h2-7,13,17H,8-12,14-16H2,1H3. The van der Waals surface area contributed by atoms with E-state index in [9.17, 15) is 4.79 Å². The van der Waals surface area contributed by atoms with Crippen LogP contribution in [0, 0.1) is 0 Å². The first-order chi connectivity index (χ1) is 14.2. The Bertz CT molecular complexity index is 908. The molecule has 6 nitrogen and oxygen atoms in total. The van der Waals surface area contributed by atoms with Gasteiger partial charge in [-0.2, -0.15) is 0 Å². The third-order valence-corrected chi connectivity index (χ3v) is 6.14. The van der Waals surface area contributed by atoms with E-state index in [1.807, 2.05) is 17.0 Å². The van der Waals surface area contributed by atoms with Gasteiger partial charge in [0.2, 0.25) is 12.7 Å². The average molecular weight is 393 g/mol. The fraction of sp³-hybridized carbons (Fsp3) is 0.435. The van der Waals surface area contributed by atoms with Crippen LogP contribution in [0.25, 0.3) is 0 Å². The number of carbonyl (C=O) groups excluding carboxylic acids is 1. The summed E-state index contributed by atoms with van der Waals surface area (Å²) >= 11 is 0. The highest BCUT2D eigenvalue weighted by Gasteiger charge is 2.31. The number of nitrogens with zero attached hydrogens (tertiary/aromatic N) is 3. The van der Waals surface area contributed by atoms with E-state index in [0.717, 1.165) is 56.3 Å². The minimum Gasteiger partial charge on any atom is -0.454 e. The highest BCUT2D eigenvalue weighted by atomic mass is 16.7. The molecule has 152 valence electrons. The van der Waals surface area contributed by atoms with Gasteiger partial charge in [-0.25, -0.2) is 0 Å². The van der Waals surface area contributed by atoms with E-state index >= 15 is 0 Å². The zero-order chi connectivity index (χ0) is 19.8. The molecule has 0 saturated carbocycles. The molecule has 2 aromatic carbocycles. The summed E-state index contributed by atoms with van der Waals surface area (Å²) < 4.78 is 10.9. The zero-order valence-electron chi connectivity index (χ0n) is 16.8. The quantitative estimate of drug-likeness (QED) is 0.799. The Kier molecular flexibility index (Phi) is 4.89. The number of ether oxygens (including phenoxy) is 2. The minimum absolute atomic E-state index is 0.215. The molecule has 3 aliphatic heterocycles. The summed E-state index contributed by atoms with van der Waals surface area (Å²) in [6.45, 7) is 7.61. The van der Waals surface area contributed by atoms with Crippen molar-refractivity contribution in [1.82, 2.24) is 9.80 Å². The van der Waals surface area contributed by atoms with Crippen LogP contribution in [-0.4, -0.2) is 61.3 Å². The van der Waals surface area contributed by atoms with Gasteiger partial charge in [-0.3, -0.25) is 14.6 Å². The van der Waals surface area contributed by atoms with Gasteiger partial charge in [-0.15, -0.1) is 0 Å². The molecule has 6 heteroatoms. The molecular weight excluding hydrogens is 366 g/mol. The predicted octanol–water partition coefficient (Wildman–Crippen LogP) is 2.51. The number of fused-ring (bicyclic) bond motifs is 2. The molecule has 1 amide bonds. The van der Waals surface area contributed by atoms with Crippen molar-refractivity contribution in [2.75, 3.05) is 44.4 Å². The molecule has 1 saturated heterocycles. The Hall–Kier alpha value is -2.57. The molecule has 0 aromatic heterocycles. The summed E-state index contributed by atoms with van der Waals surface area (Å²) in [4.78, 5) is 19.7. The second kappa shape index (κ2) is 7.69. The van der Waals surface area contributed by atoms with Gasteiger partial charge in [0.15, 0.2) is 11.5 Å². The molecule has 5 rings (SSSR count). The van der Waals surface area contributed by atoms with E-state index in [-0.39, 0.29) is 11.9 Å². The predicted molar refractivity (Wildman–Crippen MR) is 111 cm³/mol. The van der Waals surface area contributed by atoms with Gasteiger partial charge < -0.3 is 14.4 Å². The lowest BCUT2D eigenvalue weighted by Gasteiger charge is -2.35. The number of piperazine rings is 1. The highest BCUT2D eigenvalue weighted by Crippen LogP contribution is 2.33. The molecule has 0 radical (unpaired) electrons. The molecule has 1 fully saturated rings. The van der Waals surface area contributed by atoms with Crippen LogP contribution in [0.15, 0.2) is 42.5 Å². The maximum Gasteiger partial charge on any atom is 0.241 e.